The molecule has 0 radical (unpaired) electrons. The van der Waals surface area contributed by atoms with Crippen molar-refractivity contribution in [3.63, 3.8) is 0 Å². The van der Waals surface area contributed by atoms with Crippen LogP contribution in [0.3, 0.4) is 0 Å². The highest BCUT2D eigenvalue weighted by Gasteiger charge is 2.36. The van der Waals surface area contributed by atoms with Gasteiger partial charge in [0.05, 0.1) is 35.3 Å². The Kier molecular flexibility index (Phi) is 6.18. The van der Waals surface area contributed by atoms with E-state index in [-0.39, 0.29) is 12.2 Å². The molecule has 0 aliphatic carbocycles. The lowest BCUT2D eigenvalue weighted by Gasteiger charge is -2.31. The first-order chi connectivity index (χ1) is 18.9. The van der Waals surface area contributed by atoms with Gasteiger partial charge in [0.1, 0.15) is 23.3 Å². The zero-order valence-electron chi connectivity index (χ0n) is 21.0. The Balaban J connectivity index is 1.54. The van der Waals surface area contributed by atoms with Gasteiger partial charge in [-0.1, -0.05) is 37.3 Å². The van der Waals surface area contributed by atoms with Crippen molar-refractivity contribution in [2.45, 2.75) is 25.9 Å². The number of aryl methyl sites for hydroxylation is 1. The van der Waals surface area contributed by atoms with Crippen LogP contribution < -0.4 is 5.32 Å². The van der Waals surface area contributed by atoms with Gasteiger partial charge in [0, 0.05) is 17.8 Å². The average Bonchev–Trinajstić information content (AvgIpc) is 3.52. The number of urea groups is 1. The third-order valence-corrected chi connectivity index (χ3v) is 6.92. The number of benzene rings is 3. The number of fused-ring (bicyclic) bond motifs is 3. The Morgan fingerprint density at radius 2 is 1.69 bits per heavy atom. The number of para-hydroxylation sites is 1. The molecule has 1 N–H and O–H groups in total. The lowest BCUT2D eigenvalue weighted by molar-refractivity contribution is 0.194. The van der Waals surface area contributed by atoms with Crippen LogP contribution in [0.5, 0.6) is 0 Å². The first-order valence-corrected chi connectivity index (χ1v) is 12.6. The van der Waals surface area contributed by atoms with Crippen LogP contribution >= 0.6 is 0 Å². The number of anilines is 1. The summed E-state index contributed by atoms with van der Waals surface area (Å²) in [4.78, 5) is 15.4. The van der Waals surface area contributed by atoms with Gasteiger partial charge in [0.2, 0.25) is 0 Å². The van der Waals surface area contributed by atoms with E-state index in [2.05, 4.69) is 5.32 Å². The van der Waals surface area contributed by atoms with E-state index in [1.165, 1.54) is 18.2 Å². The van der Waals surface area contributed by atoms with E-state index < -0.39 is 29.5 Å². The molecule has 3 heterocycles. The number of hydrogen-bond acceptors (Lipinski definition) is 2. The van der Waals surface area contributed by atoms with Crippen molar-refractivity contribution in [1.82, 2.24) is 19.2 Å². The molecule has 0 saturated carbocycles. The molecule has 39 heavy (non-hydrogen) atoms. The van der Waals surface area contributed by atoms with Gasteiger partial charge in [-0.05, 0) is 60.5 Å². The van der Waals surface area contributed by atoms with Crippen LogP contribution in [0.4, 0.5) is 23.7 Å². The van der Waals surface area contributed by atoms with E-state index in [4.69, 9.17) is 5.10 Å². The van der Waals surface area contributed by atoms with E-state index in [1.807, 2.05) is 64.8 Å². The topological polar surface area (TPSA) is 55.1 Å². The Labute approximate surface area is 222 Å². The highest BCUT2D eigenvalue weighted by Crippen LogP contribution is 2.39. The quantitative estimate of drug-likeness (QED) is 0.280. The Hall–Kier alpha value is -4.79. The predicted octanol–water partition coefficient (Wildman–Crippen LogP) is 6.78. The van der Waals surface area contributed by atoms with Gasteiger partial charge in [-0.3, -0.25) is 0 Å². The molecule has 0 spiro atoms. The number of aromatic nitrogens is 3. The molecule has 0 bridgehead atoms. The van der Waals surface area contributed by atoms with Gasteiger partial charge in [0.15, 0.2) is 0 Å². The summed E-state index contributed by atoms with van der Waals surface area (Å²) in [7, 11) is 0. The molecule has 2 amide bonds. The van der Waals surface area contributed by atoms with Gasteiger partial charge < -0.3 is 14.8 Å². The van der Waals surface area contributed by atoms with Crippen molar-refractivity contribution in [2.75, 3.05) is 5.32 Å². The van der Waals surface area contributed by atoms with Gasteiger partial charge in [0.25, 0.3) is 0 Å². The molecule has 2 aromatic heterocycles. The second-order valence-electron chi connectivity index (χ2n) is 9.29. The van der Waals surface area contributed by atoms with E-state index in [0.29, 0.717) is 12.0 Å². The van der Waals surface area contributed by atoms with Crippen LogP contribution in [0, 0.1) is 17.5 Å². The number of halogens is 3. The molecule has 1 aliphatic rings. The second-order valence-corrected chi connectivity index (χ2v) is 9.29. The van der Waals surface area contributed by atoms with Crippen molar-refractivity contribution in [1.29, 1.82) is 0 Å². The van der Waals surface area contributed by atoms with Crippen LogP contribution in [-0.4, -0.2) is 25.3 Å². The lowest BCUT2D eigenvalue weighted by atomic mass is 10.0. The van der Waals surface area contributed by atoms with Crippen molar-refractivity contribution in [2.24, 2.45) is 0 Å². The first-order valence-electron chi connectivity index (χ1n) is 12.6. The van der Waals surface area contributed by atoms with Gasteiger partial charge in [-0.15, -0.1) is 0 Å². The first kappa shape index (κ1) is 24.5. The third kappa shape index (κ3) is 4.35. The van der Waals surface area contributed by atoms with Gasteiger partial charge >= 0.3 is 6.03 Å². The fourth-order valence-electron chi connectivity index (χ4n) is 5.12. The molecular weight excluding hydrogens is 503 g/mol. The highest BCUT2D eigenvalue weighted by atomic mass is 19.1. The minimum Gasteiger partial charge on any atom is -0.307 e. The van der Waals surface area contributed by atoms with E-state index in [9.17, 15) is 18.0 Å². The standard InChI is InChI=1S/C30H24F3N5O/c1-2-25-23-18-37(30(39)34-26-15-14-21(32)17-24(26)33)28(19-10-12-20(31)13-11-19)27-9-6-16-36(27)29(23)38(35-25)22-7-4-3-5-8-22/h3-17,28H,2,18H2,1H3,(H,34,39)/t28-/m1/s1. The molecular formula is C30H24F3N5O. The van der Waals surface area contributed by atoms with E-state index in [0.717, 1.165) is 40.6 Å². The number of nitrogens with zero attached hydrogens (tertiary/aromatic N) is 4. The SMILES string of the molecule is CCc1nn(-c2ccccc2)c2c1CN(C(=O)Nc1ccc(F)cc1F)[C@H](c1ccc(F)cc1)c1cccn1-2. The fourth-order valence-corrected chi connectivity index (χ4v) is 5.12. The molecule has 9 heteroatoms. The summed E-state index contributed by atoms with van der Waals surface area (Å²) in [5.74, 6) is -1.24. The highest BCUT2D eigenvalue weighted by molar-refractivity contribution is 5.90. The van der Waals surface area contributed by atoms with E-state index >= 15 is 0 Å². The zero-order chi connectivity index (χ0) is 27.1. The normalized spacial score (nSPS) is 14.5. The van der Waals surface area contributed by atoms with Crippen LogP contribution in [0.1, 0.15) is 35.5 Å². The number of amides is 2. The summed E-state index contributed by atoms with van der Waals surface area (Å²) >= 11 is 0. The Morgan fingerprint density at radius 3 is 2.41 bits per heavy atom. The van der Waals surface area contributed by atoms with Crippen LogP contribution in [0.2, 0.25) is 0 Å². The number of rotatable bonds is 4. The smallest absolute Gasteiger partial charge is 0.307 e. The molecule has 3 aromatic carbocycles. The maximum Gasteiger partial charge on any atom is 0.323 e. The summed E-state index contributed by atoms with van der Waals surface area (Å²) in [5, 5.41) is 7.51. The maximum absolute atomic E-state index is 14.5. The molecule has 0 saturated heterocycles. The van der Waals surface area contributed by atoms with Crippen LogP contribution in [0.15, 0.2) is 91.1 Å². The summed E-state index contributed by atoms with van der Waals surface area (Å²) in [5.41, 5.74) is 3.77. The van der Waals surface area contributed by atoms with Crippen molar-refractivity contribution in [3.05, 3.63) is 131 Å². The molecule has 5 aromatic rings. The minimum absolute atomic E-state index is 0.143. The Bertz CT molecular complexity index is 1660. The van der Waals surface area contributed by atoms with Crippen molar-refractivity contribution < 1.29 is 18.0 Å². The van der Waals surface area contributed by atoms with E-state index in [1.54, 1.807) is 17.0 Å². The number of carbonyl (C=O) groups excluding carboxylic acids is 1. The number of nitrogens with one attached hydrogen (secondary N) is 1. The molecule has 196 valence electrons. The second kappa shape index (κ2) is 9.83. The monoisotopic (exact) mass is 527 g/mol. The molecule has 1 atom stereocenters. The van der Waals surface area contributed by atoms with Crippen LogP contribution in [-0.2, 0) is 13.0 Å². The summed E-state index contributed by atoms with van der Waals surface area (Å²) in [6.45, 7) is 2.14. The average molecular weight is 528 g/mol. The van der Waals surface area contributed by atoms with Crippen molar-refractivity contribution >= 4 is 11.7 Å². The molecule has 0 unspecified atom stereocenters. The molecule has 6 rings (SSSR count). The zero-order valence-corrected chi connectivity index (χ0v) is 21.0. The maximum atomic E-state index is 14.5. The minimum atomic E-state index is -0.883. The number of carbonyl (C=O) groups is 1. The summed E-state index contributed by atoms with van der Waals surface area (Å²) in [6, 6.07) is 21.2. The summed E-state index contributed by atoms with van der Waals surface area (Å²) < 4.78 is 45.8. The largest absolute Gasteiger partial charge is 0.323 e. The summed E-state index contributed by atoms with van der Waals surface area (Å²) in [6.07, 6.45) is 2.52. The van der Waals surface area contributed by atoms with Crippen LogP contribution in [0.25, 0.3) is 11.5 Å². The number of hydrogen-bond donors (Lipinski definition) is 1. The van der Waals surface area contributed by atoms with Gasteiger partial charge in [-0.25, -0.2) is 22.6 Å². The predicted molar refractivity (Wildman–Crippen MR) is 141 cm³/mol. The lowest BCUT2D eigenvalue weighted by Crippen LogP contribution is -2.38. The molecule has 1 aliphatic heterocycles. The van der Waals surface area contributed by atoms with Gasteiger partial charge in [-0.2, -0.15) is 5.10 Å². The molecule has 6 nitrogen and oxygen atoms in total. The Morgan fingerprint density at radius 1 is 0.949 bits per heavy atom. The third-order valence-electron chi connectivity index (χ3n) is 6.92. The van der Waals surface area contributed by atoms with Crippen molar-refractivity contribution in [3.8, 4) is 11.5 Å². The fraction of sp³-hybridized carbons (Fsp3) is 0.133. The molecule has 0 fully saturated rings.